The first-order chi connectivity index (χ1) is 5.68. The molecule has 2 N–H and O–H groups in total. The Morgan fingerprint density at radius 1 is 1.50 bits per heavy atom. The molecule has 0 saturated heterocycles. The number of aryl methyl sites for hydroxylation is 1. The second-order valence-electron chi connectivity index (χ2n) is 2.53. The van der Waals surface area contributed by atoms with Crippen molar-refractivity contribution in [2.24, 2.45) is 0 Å². The number of halogens is 1. The fourth-order valence-electron chi connectivity index (χ4n) is 1.08. The molecular formula is C7H6BrN3O. The molecule has 0 radical (unpaired) electrons. The maximum Gasteiger partial charge on any atom is 0.325 e. The molecule has 0 fully saturated rings. The van der Waals surface area contributed by atoms with Crippen molar-refractivity contribution >= 4 is 27.1 Å². The van der Waals surface area contributed by atoms with Gasteiger partial charge in [-0.1, -0.05) is 0 Å². The van der Waals surface area contributed by atoms with Gasteiger partial charge in [0.1, 0.15) is 0 Å². The summed E-state index contributed by atoms with van der Waals surface area (Å²) in [6.07, 6.45) is 1.67. The number of H-pyrrole nitrogens is 2. The molecule has 0 aliphatic carbocycles. The number of fused-ring (bicyclic) bond motifs is 1. The van der Waals surface area contributed by atoms with Crippen LogP contribution in [0.5, 0.6) is 0 Å². The van der Waals surface area contributed by atoms with E-state index in [4.69, 9.17) is 0 Å². The first-order valence-corrected chi connectivity index (χ1v) is 4.21. The van der Waals surface area contributed by atoms with E-state index in [1.165, 1.54) is 0 Å². The Morgan fingerprint density at radius 2 is 2.25 bits per heavy atom. The number of aromatic nitrogens is 3. The molecule has 2 rings (SSSR count). The lowest BCUT2D eigenvalue weighted by Crippen LogP contribution is -1.99. The van der Waals surface area contributed by atoms with Crippen molar-refractivity contribution in [1.29, 1.82) is 0 Å². The number of nitrogens with one attached hydrogen (secondary N) is 2. The van der Waals surface area contributed by atoms with Crippen molar-refractivity contribution in [1.82, 2.24) is 15.0 Å². The molecule has 0 aliphatic heterocycles. The average molecular weight is 228 g/mol. The van der Waals surface area contributed by atoms with Gasteiger partial charge in [0.15, 0.2) is 5.65 Å². The number of nitrogens with zero attached hydrogens (tertiary/aromatic N) is 1. The van der Waals surface area contributed by atoms with Crippen LogP contribution in [-0.4, -0.2) is 15.0 Å². The molecule has 2 aromatic heterocycles. The Balaban J connectivity index is 2.99. The van der Waals surface area contributed by atoms with Crippen molar-refractivity contribution in [3.8, 4) is 0 Å². The van der Waals surface area contributed by atoms with Gasteiger partial charge in [0, 0.05) is 10.7 Å². The summed E-state index contributed by atoms with van der Waals surface area (Å²) >= 11 is 3.33. The largest absolute Gasteiger partial charge is 0.325 e. The molecule has 0 aromatic carbocycles. The number of hydrogen-bond donors (Lipinski definition) is 2. The highest BCUT2D eigenvalue weighted by Crippen LogP contribution is 2.19. The summed E-state index contributed by atoms with van der Waals surface area (Å²) in [6.45, 7) is 1.91. The average Bonchev–Trinajstić information content (AvgIpc) is 2.39. The fourth-order valence-corrected chi connectivity index (χ4v) is 1.38. The highest BCUT2D eigenvalue weighted by atomic mass is 79.9. The predicted molar refractivity (Wildman–Crippen MR) is 49.2 cm³/mol. The normalized spacial score (nSPS) is 10.8. The zero-order valence-electron chi connectivity index (χ0n) is 6.31. The van der Waals surface area contributed by atoms with E-state index in [-0.39, 0.29) is 5.69 Å². The van der Waals surface area contributed by atoms with Gasteiger partial charge < -0.3 is 4.98 Å². The minimum atomic E-state index is -0.223. The lowest BCUT2D eigenvalue weighted by atomic mass is 10.3. The molecule has 62 valence electrons. The minimum Gasteiger partial charge on any atom is -0.304 e. The third-order valence-corrected chi connectivity index (χ3v) is 2.55. The molecule has 0 bridgehead atoms. The second-order valence-corrected chi connectivity index (χ2v) is 3.39. The number of imidazole rings is 1. The maximum absolute atomic E-state index is 10.9. The SMILES string of the molecule is Cc1c(Br)cnc2[nH]c(=O)[nH]c12. The Morgan fingerprint density at radius 3 is 3.00 bits per heavy atom. The van der Waals surface area contributed by atoms with Crippen LogP contribution >= 0.6 is 15.9 Å². The van der Waals surface area contributed by atoms with Gasteiger partial charge in [0.05, 0.1) is 5.52 Å². The molecule has 0 unspecified atom stereocenters. The van der Waals surface area contributed by atoms with Gasteiger partial charge in [-0.05, 0) is 28.4 Å². The van der Waals surface area contributed by atoms with Crippen LogP contribution in [0.25, 0.3) is 11.2 Å². The summed E-state index contributed by atoms with van der Waals surface area (Å²) in [5, 5.41) is 0. The molecule has 5 heteroatoms. The van der Waals surface area contributed by atoms with Gasteiger partial charge in [-0.15, -0.1) is 0 Å². The van der Waals surface area contributed by atoms with E-state index in [0.29, 0.717) is 5.65 Å². The van der Waals surface area contributed by atoms with E-state index in [0.717, 1.165) is 15.6 Å². The van der Waals surface area contributed by atoms with Crippen LogP contribution in [0, 0.1) is 6.92 Å². The maximum atomic E-state index is 10.9. The third kappa shape index (κ3) is 0.972. The van der Waals surface area contributed by atoms with Crippen LogP contribution in [0.3, 0.4) is 0 Å². The van der Waals surface area contributed by atoms with Crippen LogP contribution in [0.15, 0.2) is 15.5 Å². The molecule has 12 heavy (non-hydrogen) atoms. The Labute approximate surface area is 76.2 Å². The Kier molecular flexibility index (Phi) is 1.54. The summed E-state index contributed by atoms with van der Waals surface area (Å²) in [5.74, 6) is 0. The summed E-state index contributed by atoms with van der Waals surface area (Å²) in [6, 6.07) is 0. The van der Waals surface area contributed by atoms with Crippen molar-refractivity contribution in [2.45, 2.75) is 6.92 Å². The van der Waals surface area contributed by atoms with Crippen molar-refractivity contribution < 1.29 is 0 Å². The summed E-state index contributed by atoms with van der Waals surface area (Å²) in [7, 11) is 0. The van der Waals surface area contributed by atoms with Crippen molar-refractivity contribution in [3.05, 3.63) is 26.7 Å². The smallest absolute Gasteiger partial charge is 0.304 e. The van der Waals surface area contributed by atoms with E-state index in [1.54, 1.807) is 6.20 Å². The molecule has 2 aromatic rings. The van der Waals surface area contributed by atoms with E-state index in [2.05, 4.69) is 30.9 Å². The topological polar surface area (TPSA) is 61.5 Å². The van der Waals surface area contributed by atoms with Crippen molar-refractivity contribution in [2.75, 3.05) is 0 Å². The molecule has 0 saturated carbocycles. The molecular weight excluding hydrogens is 222 g/mol. The minimum absolute atomic E-state index is 0.223. The van der Waals surface area contributed by atoms with E-state index < -0.39 is 0 Å². The molecule has 0 aliphatic rings. The zero-order chi connectivity index (χ0) is 8.72. The lowest BCUT2D eigenvalue weighted by molar-refractivity contribution is 1.20. The fraction of sp³-hybridized carbons (Fsp3) is 0.143. The molecule has 2 heterocycles. The third-order valence-electron chi connectivity index (χ3n) is 1.75. The van der Waals surface area contributed by atoms with Crippen LogP contribution in [0.4, 0.5) is 0 Å². The van der Waals surface area contributed by atoms with Crippen molar-refractivity contribution in [3.63, 3.8) is 0 Å². The monoisotopic (exact) mass is 227 g/mol. The standard InChI is InChI=1S/C7H6BrN3O/c1-3-4(8)2-9-6-5(3)10-7(12)11-6/h2H,1H3,(H2,9,10,11,12). The van der Waals surface area contributed by atoms with Gasteiger partial charge in [-0.3, -0.25) is 4.98 Å². The lowest BCUT2D eigenvalue weighted by Gasteiger charge is -1.96. The highest BCUT2D eigenvalue weighted by Gasteiger charge is 2.04. The van der Waals surface area contributed by atoms with Gasteiger partial charge in [0.25, 0.3) is 0 Å². The zero-order valence-corrected chi connectivity index (χ0v) is 7.90. The quantitative estimate of drug-likeness (QED) is 0.714. The van der Waals surface area contributed by atoms with Gasteiger partial charge in [-0.25, -0.2) is 9.78 Å². The Bertz CT molecular complexity index is 485. The Hall–Kier alpha value is -1.10. The van der Waals surface area contributed by atoms with Gasteiger partial charge in [-0.2, -0.15) is 0 Å². The second kappa shape index (κ2) is 2.45. The van der Waals surface area contributed by atoms with Crippen LogP contribution < -0.4 is 5.69 Å². The van der Waals surface area contributed by atoms with E-state index in [1.807, 2.05) is 6.92 Å². The first-order valence-electron chi connectivity index (χ1n) is 3.41. The molecule has 4 nitrogen and oxygen atoms in total. The van der Waals surface area contributed by atoms with Crippen LogP contribution in [0.2, 0.25) is 0 Å². The first kappa shape index (κ1) is 7.54. The van der Waals surface area contributed by atoms with E-state index in [9.17, 15) is 4.79 Å². The summed E-state index contributed by atoms with van der Waals surface area (Å²) in [4.78, 5) is 20.2. The van der Waals surface area contributed by atoms with Gasteiger partial charge >= 0.3 is 5.69 Å². The molecule has 0 amide bonds. The number of aromatic amines is 2. The number of pyridine rings is 1. The summed E-state index contributed by atoms with van der Waals surface area (Å²) < 4.78 is 0.894. The highest BCUT2D eigenvalue weighted by molar-refractivity contribution is 9.10. The molecule has 0 atom stereocenters. The van der Waals surface area contributed by atoms with E-state index >= 15 is 0 Å². The molecule has 0 spiro atoms. The van der Waals surface area contributed by atoms with Crippen LogP contribution in [0.1, 0.15) is 5.56 Å². The number of rotatable bonds is 0. The van der Waals surface area contributed by atoms with Crippen LogP contribution in [-0.2, 0) is 0 Å². The predicted octanol–water partition coefficient (Wildman–Crippen LogP) is 1.32. The summed E-state index contributed by atoms with van der Waals surface area (Å²) in [5.41, 5.74) is 2.12. The number of hydrogen-bond acceptors (Lipinski definition) is 2. The van der Waals surface area contributed by atoms with Gasteiger partial charge in [0.2, 0.25) is 0 Å².